The number of methoxy groups -OCH3 is 2. The maximum Gasteiger partial charge on any atom is 1.00 e. The largest absolute Gasteiger partial charge is 1.00 e. The van der Waals surface area contributed by atoms with Crippen molar-refractivity contribution in [3.05, 3.63) is 36.2 Å². The molecule has 0 bridgehead atoms. The summed E-state index contributed by atoms with van der Waals surface area (Å²) in [7, 11) is -1.86. The number of aromatic nitrogens is 3. The molecule has 27 heavy (non-hydrogen) atoms. The van der Waals surface area contributed by atoms with E-state index in [9.17, 15) is 13.0 Å². The molecule has 0 saturated carbocycles. The van der Waals surface area contributed by atoms with Gasteiger partial charge < -0.3 is 20.6 Å². The van der Waals surface area contributed by atoms with Crippen molar-refractivity contribution in [1.82, 2.24) is 15.0 Å². The number of fused-ring (bicyclic) bond motifs is 1. The van der Waals surface area contributed by atoms with Crippen molar-refractivity contribution in [3.8, 4) is 17.2 Å². The number of nitrogens with zero attached hydrogens (tertiary/aromatic N) is 2. The summed E-state index contributed by atoms with van der Waals surface area (Å²) in [4.78, 5) is 11.1. The molecule has 1 aromatic carbocycles. The van der Waals surface area contributed by atoms with Crippen molar-refractivity contribution in [2.75, 3.05) is 14.2 Å². The fourth-order valence-electron chi connectivity index (χ4n) is 2.33. The van der Waals surface area contributed by atoms with Gasteiger partial charge in [-0.05, 0) is 12.1 Å². The van der Waals surface area contributed by atoms with E-state index in [0.717, 1.165) is 0 Å². The minimum atomic E-state index is -2.95. The Hall–Kier alpha value is -1.75. The van der Waals surface area contributed by atoms with Crippen molar-refractivity contribution in [2.24, 2.45) is 0 Å². The van der Waals surface area contributed by atoms with Crippen LogP contribution in [0.15, 0.2) is 35.6 Å². The number of nitrogens with one attached hydrogen (secondary N) is 1. The number of rotatable bonds is 7. The van der Waals surface area contributed by atoms with E-state index in [4.69, 9.17) is 12.2 Å². The van der Waals surface area contributed by atoms with Crippen molar-refractivity contribution in [2.45, 2.75) is 17.5 Å². The quantitative estimate of drug-likeness (QED) is 0.553. The van der Waals surface area contributed by atoms with Crippen LogP contribution >= 0.6 is 0 Å². The maximum absolute atomic E-state index is 12.7. The van der Waals surface area contributed by atoms with Gasteiger partial charge in [0, 0.05) is 18.3 Å². The molecule has 0 aliphatic heterocycles. The van der Waals surface area contributed by atoms with Gasteiger partial charge in [0.2, 0.25) is 0 Å². The zero-order valence-corrected chi connectivity index (χ0v) is 17.3. The van der Waals surface area contributed by atoms with Crippen molar-refractivity contribution in [3.63, 3.8) is 0 Å². The van der Waals surface area contributed by atoms with E-state index in [1.807, 2.05) is 0 Å². The molecule has 0 aliphatic rings. The van der Waals surface area contributed by atoms with Gasteiger partial charge in [-0.15, -0.1) is 0 Å². The summed E-state index contributed by atoms with van der Waals surface area (Å²) in [5.74, 6) is 0.181. The molecular weight excluding hydrogens is 391 g/mol. The number of H-pyrrole nitrogens is 1. The Kier molecular flexibility index (Phi) is 6.51. The fourth-order valence-corrected chi connectivity index (χ4v) is 3.34. The molecule has 11 heteroatoms. The van der Waals surface area contributed by atoms with Crippen LogP contribution in [0.1, 0.15) is 9.86 Å². The number of imidazole rings is 1. The van der Waals surface area contributed by atoms with Crippen LogP contribution < -0.4 is 43.8 Å². The molecule has 0 saturated heterocycles. The third-order valence-electron chi connectivity index (χ3n) is 3.41. The van der Waals surface area contributed by atoms with Crippen molar-refractivity contribution >= 4 is 21.8 Å². The number of pyridine rings is 1. The third kappa shape index (κ3) is 4.95. The topological polar surface area (TPSA) is 86.3 Å². The van der Waals surface area contributed by atoms with Crippen molar-refractivity contribution in [1.29, 1.82) is 0 Å². The van der Waals surface area contributed by atoms with Crippen molar-refractivity contribution < 1.29 is 60.9 Å². The number of hydrogen-bond acceptors (Lipinski definition) is 6. The first kappa shape index (κ1) is 18.6. The average molecular weight is 409 g/mol. The maximum atomic E-state index is 12.7. The van der Waals surface area contributed by atoms with Crippen LogP contribution in [0.2, 0.25) is 0 Å². The summed E-state index contributed by atoms with van der Waals surface area (Å²) >= 11 is 0. The smallest absolute Gasteiger partial charge is 1.00 e. The number of aromatic amines is 1. The van der Waals surface area contributed by atoms with Crippen LogP contribution in [0.3, 0.4) is 0 Å². The summed E-state index contributed by atoms with van der Waals surface area (Å²) < 4.78 is 66.3. The predicted molar refractivity (Wildman–Crippen MR) is 91.3 cm³/mol. The minimum absolute atomic E-state index is 0. The molecule has 0 fully saturated rings. The van der Waals surface area contributed by atoms with Gasteiger partial charge in [-0.2, -0.15) is 8.78 Å². The van der Waals surface area contributed by atoms with Gasteiger partial charge in [0.25, 0.3) is 0 Å². The Balaban J connectivity index is 0.00000225. The second-order valence-corrected chi connectivity index (χ2v) is 6.36. The van der Waals surface area contributed by atoms with Gasteiger partial charge in [0.05, 0.1) is 50.2 Å². The van der Waals surface area contributed by atoms with E-state index >= 15 is 0 Å². The molecule has 1 N–H and O–H groups in total. The number of halogens is 2. The predicted octanol–water partition coefficient (Wildman–Crippen LogP) is 0.000800. The first-order chi connectivity index (χ1) is 13.4. The summed E-state index contributed by atoms with van der Waals surface area (Å²) in [6, 6.07) is 5.59. The molecule has 2 heterocycles. The third-order valence-corrected chi connectivity index (χ3v) is 4.57. The van der Waals surface area contributed by atoms with Crippen LogP contribution in [-0.4, -0.2) is 39.9 Å². The fraction of sp³-hybridized carbons (Fsp3) is 0.250. The van der Waals surface area contributed by atoms with Gasteiger partial charge >= 0.3 is 36.2 Å². The SMILES string of the molecule is [2H]C([2H])Oc1ccnc(CS(=O)c2nc3ccc(OC(F)F)cc3[nH]2)c1OC.[H-].[Na+]. The molecule has 0 radical (unpaired) electrons. The molecule has 3 aromatic rings. The van der Waals surface area contributed by atoms with Crippen LogP contribution in [0.25, 0.3) is 11.0 Å². The first-order valence-corrected chi connectivity index (χ1v) is 8.55. The van der Waals surface area contributed by atoms with E-state index in [1.54, 1.807) is 0 Å². The standard InChI is InChI=1S/C16H15F2N3O4S.Na.H/c1-23-13-5-6-19-12(14(13)24-2)8-26(22)16-20-10-4-3-9(25-15(17)18)7-11(10)21-16;;/h3-7,15H,8H2,1-2H3,(H,20,21);;/q;+1;-1/i1D2;;. The van der Waals surface area contributed by atoms with Gasteiger partial charge in [0.15, 0.2) is 16.7 Å². The molecule has 1 atom stereocenters. The molecular formula is C16H16F2N3NaO4S. The van der Waals surface area contributed by atoms with Gasteiger partial charge in [-0.1, -0.05) is 0 Å². The number of hydrogen-bond donors (Lipinski definition) is 1. The molecule has 0 aliphatic carbocycles. The summed E-state index contributed by atoms with van der Waals surface area (Å²) in [6.07, 6.45) is 1.39. The molecule has 0 amide bonds. The molecule has 1 unspecified atom stereocenters. The molecule has 2 aromatic heterocycles. The van der Waals surface area contributed by atoms with Crippen LogP contribution in [0.4, 0.5) is 8.78 Å². The average Bonchev–Trinajstić information content (AvgIpc) is 3.04. The molecule has 140 valence electrons. The van der Waals surface area contributed by atoms with Crippen LogP contribution in [0, 0.1) is 0 Å². The van der Waals surface area contributed by atoms with Gasteiger partial charge in [-0.25, -0.2) is 4.98 Å². The Morgan fingerprint density at radius 2 is 2.19 bits per heavy atom. The minimum Gasteiger partial charge on any atom is -1.00 e. The van der Waals surface area contributed by atoms with E-state index in [0.29, 0.717) is 16.7 Å². The van der Waals surface area contributed by atoms with E-state index in [-0.39, 0.29) is 59.1 Å². The summed E-state index contributed by atoms with van der Waals surface area (Å²) in [5.41, 5.74) is 1.12. The zero-order valence-electron chi connectivity index (χ0n) is 17.4. The van der Waals surface area contributed by atoms with E-state index in [1.165, 1.54) is 37.6 Å². The second-order valence-electron chi connectivity index (χ2n) is 5.00. The Bertz CT molecular complexity index is 1010. The first-order valence-electron chi connectivity index (χ1n) is 8.39. The number of ether oxygens (including phenoxy) is 3. The molecule has 3 rings (SSSR count). The zero-order chi connectivity index (χ0) is 20.3. The van der Waals surface area contributed by atoms with Gasteiger partial charge in [0.1, 0.15) is 5.75 Å². The van der Waals surface area contributed by atoms with Crippen LogP contribution in [0.5, 0.6) is 17.2 Å². The summed E-state index contributed by atoms with van der Waals surface area (Å²) in [5, 5.41) is 0.123. The second kappa shape index (κ2) is 9.45. The van der Waals surface area contributed by atoms with Gasteiger partial charge in [-0.3, -0.25) is 9.19 Å². The molecule has 0 spiro atoms. The monoisotopic (exact) mass is 409 g/mol. The van der Waals surface area contributed by atoms with E-state index in [2.05, 4.69) is 19.7 Å². The summed E-state index contributed by atoms with van der Waals surface area (Å²) in [6.45, 7) is -2.95. The Morgan fingerprint density at radius 3 is 2.89 bits per heavy atom. The Labute approximate surface area is 182 Å². The number of benzene rings is 1. The Morgan fingerprint density at radius 1 is 1.37 bits per heavy atom. The molecule has 7 nitrogen and oxygen atoms in total. The van der Waals surface area contributed by atoms with E-state index < -0.39 is 24.5 Å². The van der Waals surface area contributed by atoms with Crippen LogP contribution in [-0.2, 0) is 16.6 Å². The normalized spacial score (nSPS) is 13.1. The number of alkyl halides is 2.